The lowest BCUT2D eigenvalue weighted by Crippen LogP contribution is -2.47. The van der Waals surface area contributed by atoms with Crippen LogP contribution in [0.2, 0.25) is 5.15 Å². The van der Waals surface area contributed by atoms with Crippen LogP contribution in [0.3, 0.4) is 0 Å². The zero-order valence-electron chi connectivity index (χ0n) is 19.3. The number of carbonyl (C=O) groups excluding carboxylic acids is 1. The molecule has 2 aromatic heterocycles. The van der Waals surface area contributed by atoms with Gasteiger partial charge in [-0.15, -0.1) is 0 Å². The number of hydrogen-bond donors (Lipinski definition) is 2. The first-order valence-electron chi connectivity index (χ1n) is 11.3. The average molecular weight is 475 g/mol. The standard InChI is InChI=1S/C23H31ClN6O3/c1-4-17-13(2)8-26-18(14(17)3)11-30-9-15(20-21(24)27-23(25)28-22(20)30)7-19(32)29-5-6-33-16(10-29)12-31/h8,15-16,31H,4-7,9-12H2,1-3H3,(H2,25,27,28). The van der Waals surface area contributed by atoms with E-state index in [1.807, 2.05) is 6.20 Å². The van der Waals surface area contributed by atoms with Gasteiger partial charge in [-0.3, -0.25) is 9.78 Å². The minimum Gasteiger partial charge on any atom is -0.394 e. The maximum Gasteiger partial charge on any atom is 0.223 e. The quantitative estimate of drug-likeness (QED) is 0.610. The Morgan fingerprint density at radius 2 is 2.12 bits per heavy atom. The molecule has 10 heteroatoms. The molecule has 0 aromatic carbocycles. The summed E-state index contributed by atoms with van der Waals surface area (Å²) in [4.78, 5) is 30.2. The van der Waals surface area contributed by atoms with Crippen molar-refractivity contribution in [3.8, 4) is 0 Å². The van der Waals surface area contributed by atoms with Crippen molar-refractivity contribution in [2.24, 2.45) is 0 Å². The Hall–Kier alpha value is -2.49. The summed E-state index contributed by atoms with van der Waals surface area (Å²) in [6, 6.07) is 0. The summed E-state index contributed by atoms with van der Waals surface area (Å²) >= 11 is 6.50. The summed E-state index contributed by atoms with van der Waals surface area (Å²) in [5.74, 6) is 0.616. The highest BCUT2D eigenvalue weighted by Gasteiger charge is 2.37. The minimum atomic E-state index is -0.342. The van der Waals surface area contributed by atoms with Crippen molar-refractivity contribution in [2.75, 3.05) is 43.5 Å². The minimum absolute atomic E-state index is 0.000326. The lowest BCUT2D eigenvalue weighted by atomic mass is 9.99. The summed E-state index contributed by atoms with van der Waals surface area (Å²) < 4.78 is 5.47. The Balaban J connectivity index is 1.59. The molecule has 0 bridgehead atoms. The number of aryl methyl sites for hydroxylation is 1. The summed E-state index contributed by atoms with van der Waals surface area (Å²) in [6.07, 6.45) is 2.78. The van der Waals surface area contributed by atoms with E-state index in [1.54, 1.807) is 4.90 Å². The van der Waals surface area contributed by atoms with Crippen molar-refractivity contribution in [2.45, 2.75) is 52.2 Å². The van der Waals surface area contributed by atoms with E-state index in [2.05, 4.69) is 40.6 Å². The van der Waals surface area contributed by atoms with Gasteiger partial charge in [0, 0.05) is 43.7 Å². The number of aliphatic hydroxyl groups excluding tert-OH is 1. The van der Waals surface area contributed by atoms with Gasteiger partial charge < -0.3 is 25.4 Å². The molecule has 0 aliphatic carbocycles. The fourth-order valence-electron chi connectivity index (χ4n) is 4.89. The number of morpholine rings is 1. The van der Waals surface area contributed by atoms with Crippen molar-refractivity contribution in [1.82, 2.24) is 19.9 Å². The van der Waals surface area contributed by atoms with Crippen LogP contribution in [0.15, 0.2) is 6.20 Å². The summed E-state index contributed by atoms with van der Waals surface area (Å²) in [5, 5.41) is 9.69. The molecule has 2 aromatic rings. The molecule has 0 radical (unpaired) electrons. The second-order valence-electron chi connectivity index (χ2n) is 8.75. The number of nitrogen functional groups attached to an aromatic ring is 1. The normalized spacial score (nSPS) is 20.3. The van der Waals surface area contributed by atoms with Gasteiger partial charge in [0.15, 0.2) is 0 Å². The zero-order valence-corrected chi connectivity index (χ0v) is 20.1. The molecule has 2 aliphatic heterocycles. The number of aromatic nitrogens is 3. The molecule has 2 atom stereocenters. The first kappa shape index (κ1) is 23.7. The number of rotatable bonds is 6. The molecule has 4 heterocycles. The summed E-state index contributed by atoms with van der Waals surface area (Å²) in [5.41, 5.74) is 11.3. The zero-order chi connectivity index (χ0) is 23.7. The second-order valence-corrected chi connectivity index (χ2v) is 9.11. The molecule has 178 valence electrons. The van der Waals surface area contributed by atoms with Crippen LogP contribution in [0, 0.1) is 13.8 Å². The number of amides is 1. The number of hydrogen-bond acceptors (Lipinski definition) is 8. The Morgan fingerprint density at radius 3 is 2.85 bits per heavy atom. The molecule has 1 saturated heterocycles. The molecule has 0 saturated carbocycles. The highest BCUT2D eigenvalue weighted by molar-refractivity contribution is 6.30. The highest BCUT2D eigenvalue weighted by atomic mass is 35.5. The Morgan fingerprint density at radius 1 is 1.33 bits per heavy atom. The van der Waals surface area contributed by atoms with Crippen molar-refractivity contribution in [3.63, 3.8) is 0 Å². The Kier molecular flexibility index (Phi) is 7.02. The van der Waals surface area contributed by atoms with Crippen molar-refractivity contribution in [3.05, 3.63) is 39.3 Å². The van der Waals surface area contributed by atoms with Crippen LogP contribution in [0.5, 0.6) is 0 Å². The molecule has 2 unspecified atom stereocenters. The first-order chi connectivity index (χ1) is 15.8. The van der Waals surface area contributed by atoms with Gasteiger partial charge in [0.1, 0.15) is 11.0 Å². The predicted molar refractivity (Wildman–Crippen MR) is 126 cm³/mol. The van der Waals surface area contributed by atoms with Gasteiger partial charge in [0.25, 0.3) is 0 Å². The molecular formula is C23H31ClN6O3. The molecule has 3 N–H and O–H groups in total. The fourth-order valence-corrected chi connectivity index (χ4v) is 5.21. The van der Waals surface area contributed by atoms with Gasteiger partial charge in [-0.05, 0) is 37.0 Å². The maximum atomic E-state index is 13.1. The van der Waals surface area contributed by atoms with Gasteiger partial charge in [0.05, 0.1) is 31.6 Å². The average Bonchev–Trinajstić information content (AvgIpc) is 3.13. The second kappa shape index (κ2) is 9.79. The van der Waals surface area contributed by atoms with E-state index >= 15 is 0 Å². The largest absolute Gasteiger partial charge is 0.394 e. The van der Waals surface area contributed by atoms with E-state index in [4.69, 9.17) is 22.1 Å². The van der Waals surface area contributed by atoms with Crippen molar-refractivity contribution in [1.29, 1.82) is 0 Å². The van der Waals surface area contributed by atoms with E-state index in [0.29, 0.717) is 38.6 Å². The van der Waals surface area contributed by atoms with Crippen LogP contribution in [0.4, 0.5) is 11.8 Å². The Bertz CT molecular complexity index is 1050. The SMILES string of the molecule is CCc1c(C)cnc(CN2CC(CC(=O)N3CCOC(CO)C3)c3c(Cl)nc(N)nc32)c1C. The van der Waals surface area contributed by atoms with Gasteiger partial charge in [-0.25, -0.2) is 4.98 Å². The highest BCUT2D eigenvalue weighted by Crippen LogP contribution is 2.42. The van der Waals surface area contributed by atoms with Crippen molar-refractivity contribution >= 4 is 29.3 Å². The number of anilines is 2. The van der Waals surface area contributed by atoms with Crippen LogP contribution >= 0.6 is 11.6 Å². The number of aliphatic hydroxyl groups is 1. The maximum absolute atomic E-state index is 13.1. The monoisotopic (exact) mass is 474 g/mol. The predicted octanol–water partition coefficient (Wildman–Crippen LogP) is 2.00. The van der Waals surface area contributed by atoms with Crippen molar-refractivity contribution < 1.29 is 14.6 Å². The third kappa shape index (κ3) is 4.76. The smallest absolute Gasteiger partial charge is 0.223 e. The lowest BCUT2D eigenvalue weighted by Gasteiger charge is -2.32. The van der Waals surface area contributed by atoms with E-state index in [9.17, 15) is 9.90 Å². The number of nitrogens with zero attached hydrogens (tertiary/aromatic N) is 5. The van der Waals surface area contributed by atoms with Crippen LogP contribution in [0.25, 0.3) is 0 Å². The van der Waals surface area contributed by atoms with Gasteiger partial charge in [-0.2, -0.15) is 4.98 Å². The Labute approximate surface area is 198 Å². The molecule has 0 spiro atoms. The van der Waals surface area contributed by atoms with Gasteiger partial charge >= 0.3 is 0 Å². The number of fused-ring (bicyclic) bond motifs is 1. The van der Waals surface area contributed by atoms with E-state index < -0.39 is 0 Å². The van der Waals surface area contributed by atoms with E-state index in [0.717, 1.165) is 17.7 Å². The molecule has 2 aliphatic rings. The molecule has 1 fully saturated rings. The number of halogens is 1. The number of nitrogens with two attached hydrogens (primary N) is 1. The summed E-state index contributed by atoms with van der Waals surface area (Å²) in [6.45, 7) is 8.66. The van der Waals surface area contributed by atoms with Gasteiger partial charge in [-0.1, -0.05) is 18.5 Å². The van der Waals surface area contributed by atoms with Gasteiger partial charge in [0.2, 0.25) is 11.9 Å². The van der Waals surface area contributed by atoms with Crippen LogP contribution in [-0.2, 0) is 22.5 Å². The van der Waals surface area contributed by atoms with E-state index in [1.165, 1.54) is 16.7 Å². The van der Waals surface area contributed by atoms with Crippen LogP contribution in [-0.4, -0.2) is 69.8 Å². The molecule has 4 rings (SSSR count). The van der Waals surface area contributed by atoms with Crippen LogP contribution < -0.4 is 10.6 Å². The topological polar surface area (TPSA) is 118 Å². The lowest BCUT2D eigenvalue weighted by molar-refractivity contribution is -0.140. The third-order valence-electron chi connectivity index (χ3n) is 6.63. The third-order valence-corrected chi connectivity index (χ3v) is 6.92. The molecule has 9 nitrogen and oxygen atoms in total. The fraction of sp³-hybridized carbons (Fsp3) is 0.565. The molecule has 33 heavy (non-hydrogen) atoms. The molecule has 1 amide bonds. The molecular weight excluding hydrogens is 444 g/mol. The number of pyridine rings is 1. The number of carbonyl (C=O) groups is 1. The first-order valence-corrected chi connectivity index (χ1v) is 11.7. The number of ether oxygens (including phenoxy) is 1. The van der Waals surface area contributed by atoms with E-state index in [-0.39, 0.29) is 42.1 Å². The van der Waals surface area contributed by atoms with Crippen LogP contribution in [0.1, 0.15) is 47.2 Å². The summed E-state index contributed by atoms with van der Waals surface area (Å²) in [7, 11) is 0.